The number of nitrogens with zero attached hydrogens (tertiary/aromatic N) is 1. The third kappa shape index (κ3) is 16.3. The molecule has 2 atom stereocenters. The number of hydrogen-bond acceptors (Lipinski definition) is 7. The molecular weight excluding hydrogens is 418 g/mol. The SMILES string of the molecule is CO.COc1ccc(C=NC(C)CO)cc1.COc1ccc(CNC(C)CO)cc1.[B].[H-].[Na+]. The van der Waals surface area contributed by atoms with E-state index in [9.17, 15) is 0 Å². The van der Waals surface area contributed by atoms with Crippen molar-refractivity contribution < 1.29 is 55.8 Å². The fraction of sp³-hybridized carbons (Fsp3) is 0.435. The Morgan fingerprint density at radius 2 is 1.38 bits per heavy atom. The summed E-state index contributed by atoms with van der Waals surface area (Å²) < 4.78 is 10.1. The molecular formula is C23H37BN2NaO5. The monoisotopic (exact) mass is 455 g/mol. The van der Waals surface area contributed by atoms with Crippen LogP contribution in [0.25, 0.3) is 0 Å². The van der Waals surface area contributed by atoms with Gasteiger partial charge in [0.2, 0.25) is 0 Å². The van der Waals surface area contributed by atoms with Gasteiger partial charge in [0.1, 0.15) is 11.5 Å². The van der Waals surface area contributed by atoms with E-state index in [4.69, 9.17) is 24.8 Å². The van der Waals surface area contributed by atoms with Crippen LogP contribution in [-0.4, -0.2) is 76.6 Å². The van der Waals surface area contributed by atoms with E-state index < -0.39 is 0 Å². The molecule has 3 radical (unpaired) electrons. The Bertz CT molecular complexity index is 694. The van der Waals surface area contributed by atoms with Gasteiger partial charge in [-0.15, -0.1) is 0 Å². The van der Waals surface area contributed by atoms with Crippen LogP contribution in [0.2, 0.25) is 0 Å². The Labute approximate surface area is 218 Å². The number of benzene rings is 2. The number of hydrogen-bond donors (Lipinski definition) is 4. The molecule has 0 bridgehead atoms. The molecule has 0 amide bonds. The molecule has 0 spiro atoms. The standard InChI is InChI=1S/C11H17NO2.C11H15NO2.CH4O.B.Na.H/c2*1-9(8-13)12-7-10-3-5-11(14-2)6-4-10;1-2;;;/h3-6,9,12-13H,7-8H2,1-2H3;3-7,9,13H,8H2,1-2H3;2H,1H3;;;/q;;;;+1;-1. The van der Waals surface area contributed by atoms with Crippen molar-refractivity contribution in [1.82, 2.24) is 5.32 Å². The fourth-order valence-electron chi connectivity index (χ4n) is 2.05. The molecule has 0 aliphatic carbocycles. The first-order valence-corrected chi connectivity index (χ1v) is 9.72. The van der Waals surface area contributed by atoms with Crippen LogP contribution in [0.15, 0.2) is 53.5 Å². The van der Waals surface area contributed by atoms with Gasteiger partial charge in [0.15, 0.2) is 0 Å². The molecule has 0 fully saturated rings. The molecule has 2 unspecified atom stereocenters. The first kappa shape index (κ1) is 35.2. The van der Waals surface area contributed by atoms with Gasteiger partial charge >= 0.3 is 29.6 Å². The van der Waals surface area contributed by atoms with Crippen molar-refractivity contribution in [2.45, 2.75) is 32.5 Å². The summed E-state index contributed by atoms with van der Waals surface area (Å²) in [6, 6.07) is 15.6. The van der Waals surface area contributed by atoms with Gasteiger partial charge in [0, 0.05) is 34.3 Å². The van der Waals surface area contributed by atoms with Gasteiger partial charge in [-0.2, -0.15) is 0 Å². The van der Waals surface area contributed by atoms with Crippen molar-refractivity contribution in [3.05, 3.63) is 59.7 Å². The summed E-state index contributed by atoms with van der Waals surface area (Å²) in [5, 5.41) is 27.8. The third-order valence-corrected chi connectivity index (χ3v) is 3.95. The molecule has 0 aliphatic heterocycles. The minimum Gasteiger partial charge on any atom is -1.00 e. The first-order chi connectivity index (χ1) is 14.5. The Kier molecular flexibility index (Phi) is 25.1. The summed E-state index contributed by atoms with van der Waals surface area (Å²) in [5.74, 6) is 1.70. The molecule has 32 heavy (non-hydrogen) atoms. The summed E-state index contributed by atoms with van der Waals surface area (Å²) in [4.78, 5) is 4.15. The van der Waals surface area contributed by atoms with Crippen molar-refractivity contribution in [3.8, 4) is 11.5 Å². The second-order valence-electron chi connectivity index (χ2n) is 6.40. The van der Waals surface area contributed by atoms with E-state index in [0.717, 1.165) is 30.7 Å². The smallest absolute Gasteiger partial charge is 1.00 e. The van der Waals surface area contributed by atoms with Crippen LogP contribution in [0, 0.1) is 0 Å². The minimum absolute atomic E-state index is 0. The number of ether oxygens (including phenoxy) is 2. The van der Waals surface area contributed by atoms with Gasteiger partial charge in [-0.1, -0.05) is 12.1 Å². The molecule has 173 valence electrons. The number of nitrogens with one attached hydrogen (secondary N) is 1. The normalized spacial score (nSPS) is 11.4. The van der Waals surface area contributed by atoms with Crippen molar-refractivity contribution >= 4 is 14.6 Å². The number of methoxy groups -OCH3 is 2. The third-order valence-electron chi connectivity index (χ3n) is 3.95. The summed E-state index contributed by atoms with van der Waals surface area (Å²) in [6.45, 7) is 4.82. The number of aliphatic hydroxyl groups excluding tert-OH is 3. The topological polar surface area (TPSA) is 104 Å². The van der Waals surface area contributed by atoms with Crippen LogP contribution in [0.3, 0.4) is 0 Å². The van der Waals surface area contributed by atoms with E-state index in [0.29, 0.717) is 0 Å². The average Bonchev–Trinajstić information content (AvgIpc) is 2.83. The molecule has 0 aromatic heterocycles. The van der Waals surface area contributed by atoms with Crippen molar-refractivity contribution in [3.63, 3.8) is 0 Å². The Balaban J connectivity index is -0.000000218. The largest absolute Gasteiger partial charge is 1.00 e. The summed E-state index contributed by atoms with van der Waals surface area (Å²) >= 11 is 0. The molecule has 0 aliphatic rings. The Hall–Kier alpha value is -1.39. The van der Waals surface area contributed by atoms with Gasteiger partial charge in [-0.25, -0.2) is 0 Å². The van der Waals surface area contributed by atoms with Crippen molar-refractivity contribution in [2.75, 3.05) is 34.5 Å². The van der Waals surface area contributed by atoms with Gasteiger partial charge < -0.3 is 31.5 Å². The second kappa shape index (κ2) is 22.8. The van der Waals surface area contributed by atoms with Crippen molar-refractivity contribution in [2.24, 2.45) is 4.99 Å². The zero-order valence-electron chi connectivity index (χ0n) is 21.2. The van der Waals surface area contributed by atoms with Crippen LogP contribution in [0.5, 0.6) is 11.5 Å². The maximum Gasteiger partial charge on any atom is 1.00 e. The van der Waals surface area contributed by atoms with Crippen LogP contribution in [0.1, 0.15) is 26.4 Å². The summed E-state index contributed by atoms with van der Waals surface area (Å²) in [5.41, 5.74) is 2.19. The van der Waals surface area contributed by atoms with E-state index in [1.807, 2.05) is 62.4 Å². The fourth-order valence-corrected chi connectivity index (χ4v) is 2.05. The number of rotatable bonds is 9. The number of aliphatic hydroxyl groups is 3. The van der Waals surface area contributed by atoms with Crippen LogP contribution < -0.4 is 44.3 Å². The van der Waals surface area contributed by atoms with E-state index >= 15 is 0 Å². The van der Waals surface area contributed by atoms with Gasteiger partial charge in [-0.05, 0) is 61.4 Å². The molecule has 7 nitrogen and oxygen atoms in total. The van der Waals surface area contributed by atoms with Gasteiger partial charge in [0.25, 0.3) is 0 Å². The van der Waals surface area contributed by atoms with Crippen LogP contribution >= 0.6 is 0 Å². The van der Waals surface area contributed by atoms with Gasteiger partial charge in [0.05, 0.1) is 33.5 Å². The zero-order valence-corrected chi connectivity index (χ0v) is 22.2. The zero-order chi connectivity index (χ0) is 22.8. The van der Waals surface area contributed by atoms with Crippen LogP contribution in [0.4, 0.5) is 0 Å². The molecule has 4 N–H and O–H groups in total. The van der Waals surface area contributed by atoms with Crippen molar-refractivity contribution in [1.29, 1.82) is 0 Å². The van der Waals surface area contributed by atoms with Gasteiger partial charge in [-0.3, -0.25) is 4.99 Å². The summed E-state index contributed by atoms with van der Waals surface area (Å²) in [7, 11) is 4.29. The van der Waals surface area contributed by atoms with E-state index in [-0.39, 0.29) is 64.7 Å². The second-order valence-corrected chi connectivity index (χ2v) is 6.40. The molecule has 2 aromatic rings. The Morgan fingerprint density at radius 3 is 1.78 bits per heavy atom. The minimum atomic E-state index is -0.0444. The number of aliphatic imine (C=N–C) groups is 1. The Morgan fingerprint density at radius 1 is 0.906 bits per heavy atom. The van der Waals surface area contributed by atoms with E-state index in [1.165, 1.54) is 5.56 Å². The molecule has 2 rings (SSSR count). The molecule has 0 heterocycles. The van der Waals surface area contributed by atoms with E-state index in [1.54, 1.807) is 20.4 Å². The molecule has 2 aromatic carbocycles. The maximum absolute atomic E-state index is 8.81. The average molecular weight is 455 g/mol. The predicted molar refractivity (Wildman–Crippen MR) is 129 cm³/mol. The molecule has 0 saturated carbocycles. The predicted octanol–water partition coefficient (Wildman–Crippen LogP) is -0.995. The van der Waals surface area contributed by atoms with Crippen LogP contribution in [-0.2, 0) is 6.54 Å². The maximum atomic E-state index is 8.81. The molecule has 9 heteroatoms. The molecule has 0 saturated heterocycles. The van der Waals surface area contributed by atoms with E-state index in [2.05, 4.69) is 10.3 Å². The first-order valence-electron chi connectivity index (χ1n) is 9.72. The summed E-state index contributed by atoms with van der Waals surface area (Å²) in [6.07, 6.45) is 1.75. The quantitative estimate of drug-likeness (QED) is 0.286.